The molecule has 1 N–H and O–H groups in total. The van der Waals surface area contributed by atoms with Crippen LogP contribution in [0, 0.1) is 0 Å². The Bertz CT molecular complexity index is 1250. The van der Waals surface area contributed by atoms with Crippen LogP contribution in [0.25, 0.3) is 10.8 Å². The molecule has 0 spiro atoms. The molecule has 0 aromatic heterocycles. The summed E-state index contributed by atoms with van der Waals surface area (Å²) in [6.07, 6.45) is -0.694. The average Bonchev–Trinajstić information content (AvgIpc) is 2.88. The van der Waals surface area contributed by atoms with E-state index < -0.39 is 22.1 Å². The summed E-state index contributed by atoms with van der Waals surface area (Å²) < 4.78 is 38.1. The minimum atomic E-state index is -3.67. The molecule has 0 aliphatic carbocycles. The number of ether oxygens (including phenoxy) is 2. The lowest BCUT2D eigenvalue weighted by Gasteiger charge is -2.34. The lowest BCUT2D eigenvalue weighted by Crippen LogP contribution is -2.50. The number of esters is 1. The molecule has 1 aliphatic heterocycles. The molecule has 1 atom stereocenters. The van der Waals surface area contributed by atoms with E-state index in [4.69, 9.17) is 9.47 Å². The Hall–Kier alpha value is -2.98. The summed E-state index contributed by atoms with van der Waals surface area (Å²) in [5.41, 5.74) is 0.315. The number of carbonyl (C=O) groups is 1. The molecule has 9 heteroatoms. The summed E-state index contributed by atoms with van der Waals surface area (Å²) in [5, 5.41) is 12.7. The van der Waals surface area contributed by atoms with Gasteiger partial charge in [0.15, 0.2) is 0 Å². The number of hydrogen-bond donors (Lipinski definition) is 1. The molecule has 1 aliphatic rings. The van der Waals surface area contributed by atoms with Crippen molar-refractivity contribution >= 4 is 26.8 Å². The van der Waals surface area contributed by atoms with Crippen LogP contribution in [0.5, 0.6) is 5.75 Å². The number of hydrogen-bond acceptors (Lipinski definition) is 7. The molecule has 1 saturated heterocycles. The molecule has 186 valence electrons. The van der Waals surface area contributed by atoms with Gasteiger partial charge in [-0.25, -0.2) is 13.2 Å². The number of benzene rings is 3. The van der Waals surface area contributed by atoms with Crippen LogP contribution in [0.3, 0.4) is 0 Å². The summed E-state index contributed by atoms with van der Waals surface area (Å²) in [6, 6.07) is 19.6. The van der Waals surface area contributed by atoms with Crippen LogP contribution in [-0.2, 0) is 14.8 Å². The van der Waals surface area contributed by atoms with Gasteiger partial charge in [0.2, 0.25) is 10.0 Å². The standard InChI is InChI=1S/C26H30N2O6S/c1-2-33-26(30)21-8-11-25(12-9-21)35(31,32)28-15-13-27(14-16-28)18-23(29)19-34-24-10-7-20-5-3-4-6-22(20)17-24/h3-12,17,23,29H,2,13-16,18-19H2,1H3/t23-/m1/s1. The van der Waals surface area contributed by atoms with E-state index in [1.54, 1.807) is 6.92 Å². The van der Waals surface area contributed by atoms with E-state index in [1.165, 1.54) is 28.6 Å². The molecule has 0 radical (unpaired) electrons. The fourth-order valence-corrected chi connectivity index (χ4v) is 5.50. The van der Waals surface area contributed by atoms with Crippen LogP contribution in [0.2, 0.25) is 0 Å². The number of β-amino-alcohol motifs (C(OH)–C–C–N with tert-alkyl or cyclic N) is 1. The molecule has 1 fully saturated rings. The van der Waals surface area contributed by atoms with Crippen molar-refractivity contribution < 1.29 is 27.8 Å². The van der Waals surface area contributed by atoms with Gasteiger partial charge >= 0.3 is 5.97 Å². The molecule has 3 aromatic rings. The highest BCUT2D eigenvalue weighted by molar-refractivity contribution is 7.89. The molecule has 0 unspecified atom stereocenters. The van der Waals surface area contributed by atoms with Gasteiger partial charge in [0, 0.05) is 32.7 Å². The zero-order valence-electron chi connectivity index (χ0n) is 19.7. The summed E-state index contributed by atoms with van der Waals surface area (Å²) in [6.45, 7) is 4.18. The van der Waals surface area contributed by atoms with Crippen molar-refractivity contribution in [3.05, 3.63) is 72.3 Å². The van der Waals surface area contributed by atoms with Gasteiger partial charge in [0.1, 0.15) is 18.5 Å². The number of fused-ring (bicyclic) bond motifs is 1. The number of nitrogens with zero attached hydrogens (tertiary/aromatic N) is 2. The van der Waals surface area contributed by atoms with Crippen LogP contribution in [-0.4, -0.2) is 80.7 Å². The third kappa shape index (κ3) is 6.18. The summed E-state index contributed by atoms with van der Waals surface area (Å²) in [7, 11) is -3.67. The third-order valence-corrected chi connectivity index (χ3v) is 7.88. The Balaban J connectivity index is 1.26. The van der Waals surface area contributed by atoms with Crippen molar-refractivity contribution in [1.29, 1.82) is 0 Å². The SMILES string of the molecule is CCOC(=O)c1ccc(S(=O)(=O)N2CCN(C[C@@H](O)COc3ccc4ccccc4c3)CC2)cc1. The Labute approximate surface area is 205 Å². The van der Waals surface area contributed by atoms with E-state index in [2.05, 4.69) is 0 Å². The molecular formula is C26H30N2O6S. The van der Waals surface area contributed by atoms with Gasteiger partial charge < -0.3 is 14.6 Å². The van der Waals surface area contributed by atoms with Crippen molar-refractivity contribution in [2.45, 2.75) is 17.9 Å². The Kier molecular flexibility index (Phi) is 8.02. The topological polar surface area (TPSA) is 96.4 Å². The smallest absolute Gasteiger partial charge is 0.338 e. The Morgan fingerprint density at radius 2 is 1.66 bits per heavy atom. The number of carbonyl (C=O) groups excluding carboxylic acids is 1. The molecule has 1 heterocycles. The fraction of sp³-hybridized carbons (Fsp3) is 0.346. The minimum Gasteiger partial charge on any atom is -0.491 e. The average molecular weight is 499 g/mol. The van der Waals surface area contributed by atoms with Crippen LogP contribution in [0.15, 0.2) is 71.6 Å². The van der Waals surface area contributed by atoms with Gasteiger partial charge in [0.05, 0.1) is 17.1 Å². The van der Waals surface area contributed by atoms with Crippen molar-refractivity contribution in [2.24, 2.45) is 0 Å². The first kappa shape index (κ1) is 25.1. The monoisotopic (exact) mass is 498 g/mol. The first-order valence-electron chi connectivity index (χ1n) is 11.7. The van der Waals surface area contributed by atoms with Gasteiger partial charge in [-0.15, -0.1) is 0 Å². The van der Waals surface area contributed by atoms with Crippen molar-refractivity contribution in [3.63, 3.8) is 0 Å². The van der Waals surface area contributed by atoms with Crippen molar-refractivity contribution in [2.75, 3.05) is 45.9 Å². The molecular weight excluding hydrogens is 468 g/mol. The number of piperazine rings is 1. The first-order valence-corrected chi connectivity index (χ1v) is 13.1. The quantitative estimate of drug-likeness (QED) is 0.453. The highest BCUT2D eigenvalue weighted by atomic mass is 32.2. The number of aliphatic hydroxyl groups is 1. The Morgan fingerprint density at radius 3 is 2.34 bits per heavy atom. The predicted molar refractivity (Wildman–Crippen MR) is 133 cm³/mol. The van der Waals surface area contributed by atoms with E-state index >= 15 is 0 Å². The Morgan fingerprint density at radius 1 is 0.971 bits per heavy atom. The molecule has 0 bridgehead atoms. The van der Waals surface area contributed by atoms with Gasteiger partial charge in [0.25, 0.3) is 0 Å². The van der Waals surface area contributed by atoms with E-state index in [1.807, 2.05) is 47.4 Å². The third-order valence-electron chi connectivity index (χ3n) is 5.97. The molecule has 35 heavy (non-hydrogen) atoms. The molecule has 4 rings (SSSR count). The largest absolute Gasteiger partial charge is 0.491 e. The van der Waals surface area contributed by atoms with Gasteiger partial charge in [-0.05, 0) is 54.1 Å². The normalized spacial score (nSPS) is 16.2. The number of rotatable bonds is 9. The van der Waals surface area contributed by atoms with Gasteiger partial charge in [-0.2, -0.15) is 4.31 Å². The van der Waals surface area contributed by atoms with E-state index in [9.17, 15) is 18.3 Å². The van der Waals surface area contributed by atoms with Crippen molar-refractivity contribution in [3.8, 4) is 5.75 Å². The van der Waals surface area contributed by atoms with Crippen molar-refractivity contribution in [1.82, 2.24) is 9.21 Å². The maximum absolute atomic E-state index is 13.0. The van der Waals surface area contributed by atoms with E-state index in [-0.39, 0.29) is 18.1 Å². The second-order valence-electron chi connectivity index (χ2n) is 8.42. The molecule has 0 amide bonds. The number of sulfonamides is 1. The predicted octanol–water partition coefficient (Wildman–Crippen LogP) is 2.76. The van der Waals surface area contributed by atoms with Crippen LogP contribution in [0.1, 0.15) is 17.3 Å². The summed E-state index contributed by atoms with van der Waals surface area (Å²) in [4.78, 5) is 14.0. The molecule has 0 saturated carbocycles. The van der Waals surface area contributed by atoms with Gasteiger partial charge in [-0.1, -0.05) is 30.3 Å². The first-order chi connectivity index (χ1) is 16.9. The maximum Gasteiger partial charge on any atom is 0.338 e. The van der Waals surface area contributed by atoms with Gasteiger partial charge in [-0.3, -0.25) is 4.90 Å². The second kappa shape index (κ2) is 11.2. The van der Waals surface area contributed by atoms with Crippen LogP contribution in [0.4, 0.5) is 0 Å². The van der Waals surface area contributed by atoms with Crippen LogP contribution >= 0.6 is 0 Å². The molecule has 8 nitrogen and oxygen atoms in total. The minimum absolute atomic E-state index is 0.141. The highest BCUT2D eigenvalue weighted by Gasteiger charge is 2.29. The molecule has 3 aromatic carbocycles. The van der Waals surface area contributed by atoms with E-state index in [0.717, 1.165) is 10.8 Å². The summed E-state index contributed by atoms with van der Waals surface area (Å²) in [5.74, 6) is 0.223. The lowest BCUT2D eigenvalue weighted by molar-refractivity contribution is 0.0526. The number of aliphatic hydroxyl groups excluding tert-OH is 1. The fourth-order valence-electron chi connectivity index (χ4n) is 4.08. The highest BCUT2D eigenvalue weighted by Crippen LogP contribution is 2.21. The van der Waals surface area contributed by atoms with Crippen LogP contribution < -0.4 is 4.74 Å². The maximum atomic E-state index is 13.0. The zero-order chi connectivity index (χ0) is 24.8. The summed E-state index contributed by atoms with van der Waals surface area (Å²) >= 11 is 0. The van der Waals surface area contributed by atoms with E-state index in [0.29, 0.717) is 44.0 Å². The lowest BCUT2D eigenvalue weighted by atomic mass is 10.1. The second-order valence-corrected chi connectivity index (χ2v) is 10.4. The zero-order valence-corrected chi connectivity index (χ0v) is 20.5.